The largest absolute Gasteiger partial charge is 0.507 e. The molecule has 308 valence electrons. The number of aliphatic hydroxyl groups is 1. The number of carbonyl (C=O) groups is 2. The highest BCUT2D eigenvalue weighted by atomic mass is 32.1. The summed E-state index contributed by atoms with van der Waals surface area (Å²) in [5.74, 6) is 0.311. The molecular formula is C45H52N8O5S. The number of amides is 2. The Morgan fingerprint density at radius 3 is 2.53 bits per heavy atom. The number of β-amino-alcohol motifs (C(OH)–C–C–N with tert-alkyl or cyclic N) is 1. The van der Waals surface area contributed by atoms with Crippen LogP contribution in [0.2, 0.25) is 0 Å². The molecule has 1 aliphatic carbocycles. The molecule has 2 aromatic carbocycles. The Kier molecular flexibility index (Phi) is 10.2. The zero-order chi connectivity index (χ0) is 41.2. The van der Waals surface area contributed by atoms with Gasteiger partial charge in [0.25, 0.3) is 0 Å². The van der Waals surface area contributed by atoms with Crippen LogP contribution in [0.4, 0.5) is 11.5 Å². The van der Waals surface area contributed by atoms with Crippen LogP contribution in [0.3, 0.4) is 0 Å². The molecule has 3 fully saturated rings. The summed E-state index contributed by atoms with van der Waals surface area (Å²) in [6.45, 7) is 11.8. The number of hydrogen-bond acceptors (Lipinski definition) is 12. The number of rotatable bonds is 11. The first-order valence-electron chi connectivity index (χ1n) is 20.8. The summed E-state index contributed by atoms with van der Waals surface area (Å²) in [6, 6.07) is 18.5. The molecule has 4 aliphatic rings. The maximum Gasteiger partial charge on any atom is 0.243 e. The number of fused-ring (bicyclic) bond motifs is 1. The fourth-order valence-electron chi connectivity index (χ4n) is 9.54. The Morgan fingerprint density at radius 2 is 1.81 bits per heavy atom. The molecule has 0 bridgehead atoms. The van der Waals surface area contributed by atoms with E-state index in [0.29, 0.717) is 28.8 Å². The van der Waals surface area contributed by atoms with Gasteiger partial charge in [0.05, 0.1) is 45.3 Å². The van der Waals surface area contributed by atoms with E-state index in [9.17, 15) is 19.8 Å². The van der Waals surface area contributed by atoms with Gasteiger partial charge >= 0.3 is 0 Å². The molecule has 0 spiro atoms. The van der Waals surface area contributed by atoms with Gasteiger partial charge in [0.15, 0.2) is 11.6 Å². The van der Waals surface area contributed by atoms with Crippen LogP contribution in [0, 0.1) is 18.8 Å². The smallest absolute Gasteiger partial charge is 0.243 e. The van der Waals surface area contributed by atoms with Crippen molar-refractivity contribution in [3.63, 3.8) is 0 Å². The number of carbonyl (C=O) groups excluding carboxylic acids is 2. The number of aliphatic hydroxyl groups excluding tert-OH is 1. The lowest BCUT2D eigenvalue weighted by Crippen LogP contribution is -2.48. The number of likely N-dealkylation sites (tertiary alicyclic amines) is 1. The number of phenolic OH excluding ortho intramolecular Hbond substituents is 1. The summed E-state index contributed by atoms with van der Waals surface area (Å²) >= 11 is 1.60. The summed E-state index contributed by atoms with van der Waals surface area (Å²) < 4.78 is 5.98. The van der Waals surface area contributed by atoms with Gasteiger partial charge in [0.1, 0.15) is 17.7 Å². The molecule has 1 unspecified atom stereocenters. The predicted octanol–water partition coefficient (Wildman–Crippen LogP) is 6.66. The molecule has 1 saturated carbocycles. The normalized spacial score (nSPS) is 23.1. The van der Waals surface area contributed by atoms with Crippen molar-refractivity contribution in [2.45, 2.75) is 102 Å². The first kappa shape index (κ1) is 39.1. The summed E-state index contributed by atoms with van der Waals surface area (Å²) in [5.41, 5.74) is 8.34. The number of benzene rings is 2. The van der Waals surface area contributed by atoms with Crippen LogP contribution >= 0.6 is 11.3 Å². The average molecular weight is 817 g/mol. The number of aromatic nitrogens is 4. The van der Waals surface area contributed by atoms with Crippen LogP contribution in [-0.2, 0) is 16.0 Å². The van der Waals surface area contributed by atoms with Crippen molar-refractivity contribution in [2.75, 3.05) is 29.4 Å². The molecule has 0 radical (unpaired) electrons. The third-order valence-electron chi connectivity index (χ3n) is 13.1. The summed E-state index contributed by atoms with van der Waals surface area (Å²) in [7, 11) is 0. The number of nitrogens with one attached hydrogen (secondary N) is 1. The van der Waals surface area contributed by atoms with Crippen LogP contribution in [0.25, 0.3) is 21.7 Å². The number of phenols is 1. The first-order valence-corrected chi connectivity index (χ1v) is 21.7. The van der Waals surface area contributed by atoms with Crippen molar-refractivity contribution < 1.29 is 24.3 Å². The van der Waals surface area contributed by atoms with E-state index in [1.54, 1.807) is 17.4 Å². The van der Waals surface area contributed by atoms with Gasteiger partial charge < -0.3 is 34.8 Å². The second-order valence-electron chi connectivity index (χ2n) is 17.5. The lowest BCUT2D eigenvalue weighted by atomic mass is 9.91. The molecule has 14 heteroatoms. The second-order valence-corrected chi connectivity index (χ2v) is 18.4. The molecule has 6 atom stereocenters. The van der Waals surface area contributed by atoms with E-state index in [1.807, 2.05) is 81.7 Å². The van der Waals surface area contributed by atoms with Crippen LogP contribution < -0.4 is 15.1 Å². The summed E-state index contributed by atoms with van der Waals surface area (Å²) in [6.07, 6.45) is 3.36. The Bertz CT molecular complexity index is 2360. The number of aromatic hydroxyl groups is 1. The van der Waals surface area contributed by atoms with Gasteiger partial charge in [-0.05, 0) is 81.2 Å². The second kappa shape index (κ2) is 15.4. The van der Waals surface area contributed by atoms with E-state index in [2.05, 4.69) is 43.3 Å². The average Bonchev–Trinajstić information content (AvgIpc) is 3.87. The highest BCUT2D eigenvalue weighted by Crippen LogP contribution is 2.52. The van der Waals surface area contributed by atoms with Gasteiger partial charge in [-0.1, -0.05) is 55.4 Å². The van der Waals surface area contributed by atoms with Crippen molar-refractivity contribution in [2.24, 2.45) is 11.8 Å². The quantitative estimate of drug-likeness (QED) is 0.131. The minimum Gasteiger partial charge on any atom is -0.507 e. The zero-order valence-corrected chi connectivity index (χ0v) is 35.0. The first-order chi connectivity index (χ1) is 28.4. The van der Waals surface area contributed by atoms with Crippen molar-refractivity contribution in [1.29, 1.82) is 0 Å². The highest BCUT2D eigenvalue weighted by molar-refractivity contribution is 7.13. The van der Waals surface area contributed by atoms with Crippen LogP contribution in [-0.4, -0.2) is 90.6 Å². The molecule has 3 aliphatic heterocycles. The summed E-state index contributed by atoms with van der Waals surface area (Å²) in [4.78, 5) is 40.0. The molecule has 2 saturated heterocycles. The van der Waals surface area contributed by atoms with Gasteiger partial charge in [-0.3, -0.25) is 9.59 Å². The molecular weight excluding hydrogens is 765 g/mol. The standard InChI is InChI=1S/C45H52N8O5S/c1-25(2)41(44(57)52-23-31(54)18-37(52)43(56)47-26(3)28-10-12-29(13-11-28)42-27(4)46-24-59-42)39-21-40(50-58-39)51-17-14-30(22-51)35-20-34-36(53(35)45(5)15-16-45)19-33(48-49-34)32-8-6-7-9-38(32)55/h6-13,19,21,24-26,30-31,35,37,41,54-55H,14-18,20,22-23H2,1-5H3,(H,47,56)/t26-,30+,31+,35?,37-,41+/m0/s1. The van der Waals surface area contributed by atoms with E-state index < -0.39 is 18.1 Å². The topological polar surface area (TPSA) is 161 Å². The Labute approximate surface area is 348 Å². The molecule has 59 heavy (non-hydrogen) atoms. The molecule has 9 rings (SSSR count). The van der Waals surface area contributed by atoms with Crippen molar-refractivity contribution in [3.8, 4) is 27.4 Å². The maximum absolute atomic E-state index is 14.4. The number of nitrogens with zero attached hydrogens (tertiary/aromatic N) is 7. The third-order valence-corrected chi connectivity index (χ3v) is 14.0. The van der Waals surface area contributed by atoms with Gasteiger partial charge in [0, 0.05) is 55.7 Å². The van der Waals surface area contributed by atoms with Crippen molar-refractivity contribution in [3.05, 3.63) is 88.9 Å². The Balaban J connectivity index is 0.876. The number of hydrogen-bond donors (Lipinski definition) is 3. The number of para-hydroxylation sites is 1. The van der Waals surface area contributed by atoms with E-state index in [1.165, 1.54) is 4.90 Å². The summed E-state index contributed by atoms with van der Waals surface area (Å²) in [5, 5.41) is 38.2. The minimum absolute atomic E-state index is 0.0530. The molecule has 6 heterocycles. The Hall–Kier alpha value is -5.34. The molecule has 3 N–H and O–H groups in total. The van der Waals surface area contributed by atoms with E-state index in [4.69, 9.17) is 9.62 Å². The highest BCUT2D eigenvalue weighted by Gasteiger charge is 2.52. The number of anilines is 2. The van der Waals surface area contributed by atoms with Gasteiger partial charge in [0.2, 0.25) is 11.8 Å². The van der Waals surface area contributed by atoms with Crippen LogP contribution in [0.5, 0.6) is 5.75 Å². The molecule has 5 aromatic rings. The molecule has 13 nitrogen and oxygen atoms in total. The fourth-order valence-corrected chi connectivity index (χ4v) is 10.4. The van der Waals surface area contributed by atoms with E-state index in [0.717, 1.165) is 71.9 Å². The fraction of sp³-hybridized carbons (Fsp3) is 0.467. The lowest BCUT2D eigenvalue weighted by molar-refractivity contribution is -0.141. The SMILES string of the molecule is Cc1ncsc1-c1ccc([C@H](C)NC(=O)[C@@H]2C[C@@H](O)CN2C(=O)[C@@H](c2cc(N3CC[C@@H](C4Cc5nnc(-c6ccccc6O)cc5N4C4(C)CC4)C3)no2)C(C)C)cc1. The van der Waals surface area contributed by atoms with Gasteiger partial charge in [-0.25, -0.2) is 4.98 Å². The lowest BCUT2D eigenvalue weighted by Gasteiger charge is -2.37. The zero-order valence-electron chi connectivity index (χ0n) is 34.2. The van der Waals surface area contributed by atoms with Gasteiger partial charge in [-0.2, -0.15) is 5.10 Å². The minimum atomic E-state index is -0.812. The van der Waals surface area contributed by atoms with Gasteiger partial charge in [-0.15, -0.1) is 16.4 Å². The predicted molar refractivity (Wildman–Crippen MR) is 226 cm³/mol. The maximum atomic E-state index is 14.4. The molecule has 2 amide bonds. The van der Waals surface area contributed by atoms with Crippen molar-refractivity contribution >= 4 is 34.7 Å². The number of thiazole rings is 1. The van der Waals surface area contributed by atoms with E-state index in [-0.39, 0.29) is 54.1 Å². The monoisotopic (exact) mass is 816 g/mol. The van der Waals surface area contributed by atoms with Crippen LogP contribution in [0.1, 0.15) is 88.0 Å². The van der Waals surface area contributed by atoms with E-state index >= 15 is 0 Å². The number of aryl methyl sites for hydroxylation is 1. The van der Waals surface area contributed by atoms with Crippen LogP contribution in [0.15, 0.2) is 70.7 Å². The third kappa shape index (κ3) is 7.34. The Morgan fingerprint density at radius 1 is 1.03 bits per heavy atom. The van der Waals surface area contributed by atoms with Crippen molar-refractivity contribution in [1.82, 2.24) is 30.6 Å². The molecule has 3 aromatic heterocycles.